The predicted molar refractivity (Wildman–Crippen MR) is 105 cm³/mol. The molecule has 2 aromatic carbocycles. The second-order valence-electron chi connectivity index (χ2n) is 7.04. The van der Waals surface area contributed by atoms with Gasteiger partial charge in [0.15, 0.2) is 5.78 Å². The molecule has 27 heavy (non-hydrogen) atoms. The molecule has 0 fully saturated rings. The van der Waals surface area contributed by atoms with Crippen LogP contribution in [0.1, 0.15) is 23.7 Å². The van der Waals surface area contributed by atoms with Crippen LogP contribution < -0.4 is 0 Å². The van der Waals surface area contributed by atoms with Crippen molar-refractivity contribution in [2.24, 2.45) is 0 Å². The van der Waals surface area contributed by atoms with Crippen LogP contribution in [0.3, 0.4) is 0 Å². The summed E-state index contributed by atoms with van der Waals surface area (Å²) in [5.41, 5.74) is 0.367. The highest BCUT2D eigenvalue weighted by Gasteiger charge is 2.42. The van der Waals surface area contributed by atoms with Crippen LogP contribution in [0.4, 0.5) is 0 Å². The predicted octanol–water partition coefficient (Wildman–Crippen LogP) is 3.89. The van der Waals surface area contributed by atoms with Crippen molar-refractivity contribution in [3.8, 4) is 0 Å². The topological polar surface area (TPSA) is 67.5 Å². The van der Waals surface area contributed by atoms with E-state index in [-0.39, 0.29) is 18.0 Å². The van der Waals surface area contributed by atoms with E-state index in [1.54, 1.807) is 0 Å². The molecule has 1 aliphatic carbocycles. The molecule has 0 saturated heterocycles. The summed E-state index contributed by atoms with van der Waals surface area (Å²) in [7, 11) is -1.41. The molecular weight excluding hydrogens is 360 g/mol. The number of fused-ring (bicyclic) bond motifs is 1. The number of furan rings is 1. The molecule has 0 radical (unpaired) electrons. The molecule has 3 atom stereocenters. The first-order valence-electron chi connectivity index (χ1n) is 8.82. The molecule has 1 unspecified atom stereocenters. The van der Waals surface area contributed by atoms with Crippen LogP contribution in [-0.4, -0.2) is 26.5 Å². The van der Waals surface area contributed by atoms with E-state index in [0.717, 1.165) is 10.9 Å². The van der Waals surface area contributed by atoms with Gasteiger partial charge in [0.1, 0.15) is 16.9 Å². The van der Waals surface area contributed by atoms with Crippen molar-refractivity contribution in [2.75, 3.05) is 5.75 Å². The molecule has 1 heterocycles. The Morgan fingerprint density at radius 1 is 1.19 bits per heavy atom. The largest absolute Gasteiger partial charge is 0.461 e. The van der Waals surface area contributed by atoms with E-state index in [4.69, 9.17) is 4.42 Å². The second kappa shape index (κ2) is 6.91. The summed E-state index contributed by atoms with van der Waals surface area (Å²) in [5.74, 6) is -0.109. The van der Waals surface area contributed by atoms with E-state index in [1.165, 1.54) is 12.2 Å². The Morgan fingerprint density at radius 3 is 2.67 bits per heavy atom. The number of para-hydroxylation sites is 1. The summed E-state index contributed by atoms with van der Waals surface area (Å²) in [6.45, 7) is 1.97. The number of carbonyl (C=O) groups excluding carboxylic acids is 1. The molecule has 0 saturated carbocycles. The van der Waals surface area contributed by atoms with Crippen LogP contribution >= 0.6 is 0 Å². The first-order valence-corrected chi connectivity index (χ1v) is 10.1. The van der Waals surface area contributed by atoms with Gasteiger partial charge in [-0.3, -0.25) is 9.00 Å². The summed E-state index contributed by atoms with van der Waals surface area (Å²) in [5, 5.41) is 12.2. The SMILES string of the molecule is Cc1ccc(S(=O)C[C@@]2(O)C=CC(=O)C[C@H]2c2cc3ccccc3o2)cc1. The minimum absolute atomic E-state index is 0.00154. The van der Waals surface area contributed by atoms with E-state index in [2.05, 4.69) is 0 Å². The first-order chi connectivity index (χ1) is 12.9. The van der Waals surface area contributed by atoms with Gasteiger partial charge in [0.2, 0.25) is 0 Å². The highest BCUT2D eigenvalue weighted by Crippen LogP contribution is 2.39. The highest BCUT2D eigenvalue weighted by molar-refractivity contribution is 7.85. The molecule has 4 rings (SSSR count). The zero-order valence-corrected chi connectivity index (χ0v) is 15.7. The van der Waals surface area contributed by atoms with E-state index >= 15 is 0 Å². The summed E-state index contributed by atoms with van der Waals surface area (Å²) < 4.78 is 18.8. The molecule has 0 spiro atoms. The van der Waals surface area contributed by atoms with E-state index in [0.29, 0.717) is 16.2 Å². The number of aryl methyl sites for hydroxylation is 1. The van der Waals surface area contributed by atoms with Crippen LogP contribution in [0.5, 0.6) is 0 Å². The van der Waals surface area contributed by atoms with Crippen molar-refractivity contribution in [2.45, 2.75) is 29.8 Å². The molecule has 0 amide bonds. The second-order valence-corrected chi connectivity index (χ2v) is 8.49. The number of aliphatic hydroxyl groups is 1. The van der Waals surface area contributed by atoms with Crippen LogP contribution in [-0.2, 0) is 15.6 Å². The van der Waals surface area contributed by atoms with Gasteiger partial charge in [0, 0.05) is 16.7 Å². The van der Waals surface area contributed by atoms with E-state index in [9.17, 15) is 14.1 Å². The summed E-state index contributed by atoms with van der Waals surface area (Å²) >= 11 is 0. The quantitative estimate of drug-likeness (QED) is 0.746. The maximum absolute atomic E-state index is 12.9. The number of benzene rings is 2. The summed E-state index contributed by atoms with van der Waals surface area (Å²) in [4.78, 5) is 12.7. The molecule has 5 heteroatoms. The van der Waals surface area contributed by atoms with Crippen molar-refractivity contribution in [3.63, 3.8) is 0 Å². The number of allylic oxidation sites excluding steroid dienone is 1. The summed E-state index contributed by atoms with van der Waals surface area (Å²) in [6, 6.07) is 16.8. The smallest absolute Gasteiger partial charge is 0.156 e. The Hall–Kier alpha value is -2.50. The van der Waals surface area contributed by atoms with Crippen molar-refractivity contribution in [1.82, 2.24) is 0 Å². The normalized spacial score (nSPS) is 23.6. The van der Waals surface area contributed by atoms with Gasteiger partial charge >= 0.3 is 0 Å². The Labute approximate surface area is 160 Å². The lowest BCUT2D eigenvalue weighted by Gasteiger charge is -2.34. The van der Waals surface area contributed by atoms with E-state index < -0.39 is 22.3 Å². The first kappa shape index (κ1) is 17.9. The van der Waals surface area contributed by atoms with Gasteiger partial charge in [-0.2, -0.15) is 0 Å². The number of hydrogen-bond acceptors (Lipinski definition) is 4. The number of carbonyl (C=O) groups is 1. The molecule has 1 aliphatic rings. The van der Waals surface area contributed by atoms with Gasteiger partial charge in [-0.15, -0.1) is 0 Å². The monoisotopic (exact) mass is 380 g/mol. The number of rotatable bonds is 4. The Kier molecular flexibility index (Phi) is 4.58. The van der Waals surface area contributed by atoms with Crippen LogP contribution in [0.2, 0.25) is 0 Å². The Bertz CT molecular complexity index is 1010. The van der Waals surface area contributed by atoms with Crippen molar-refractivity contribution in [3.05, 3.63) is 78.1 Å². The molecule has 0 bridgehead atoms. The van der Waals surface area contributed by atoms with Gasteiger partial charge in [-0.05, 0) is 43.3 Å². The zero-order valence-electron chi connectivity index (χ0n) is 14.9. The fraction of sp³-hybridized carbons (Fsp3) is 0.227. The van der Waals surface area contributed by atoms with Gasteiger partial charge in [-0.25, -0.2) is 0 Å². The molecule has 1 N–H and O–H groups in total. The van der Waals surface area contributed by atoms with E-state index in [1.807, 2.05) is 61.5 Å². The maximum atomic E-state index is 12.9. The van der Waals surface area contributed by atoms with Gasteiger partial charge in [0.25, 0.3) is 0 Å². The zero-order chi connectivity index (χ0) is 19.0. The minimum Gasteiger partial charge on any atom is -0.461 e. The number of ketones is 1. The van der Waals surface area contributed by atoms with Gasteiger partial charge in [0.05, 0.1) is 22.5 Å². The molecule has 3 aromatic rings. The lowest BCUT2D eigenvalue weighted by molar-refractivity contribution is -0.117. The highest BCUT2D eigenvalue weighted by atomic mass is 32.2. The molecular formula is C22H20O4S. The molecule has 1 aromatic heterocycles. The van der Waals surface area contributed by atoms with Crippen molar-refractivity contribution < 1.29 is 18.5 Å². The van der Waals surface area contributed by atoms with Crippen LogP contribution in [0, 0.1) is 6.92 Å². The van der Waals surface area contributed by atoms with Crippen LogP contribution in [0.25, 0.3) is 11.0 Å². The van der Waals surface area contributed by atoms with Crippen LogP contribution in [0.15, 0.2) is 76.1 Å². The van der Waals surface area contributed by atoms with Gasteiger partial charge < -0.3 is 9.52 Å². The summed E-state index contributed by atoms with van der Waals surface area (Å²) in [6.07, 6.45) is 2.98. The maximum Gasteiger partial charge on any atom is 0.156 e. The van der Waals surface area contributed by atoms with Crippen molar-refractivity contribution >= 4 is 27.6 Å². The third-order valence-corrected chi connectivity index (χ3v) is 6.52. The number of hydrogen-bond donors (Lipinski definition) is 1. The molecule has 138 valence electrons. The lowest BCUT2D eigenvalue weighted by Crippen LogP contribution is -2.43. The fourth-order valence-corrected chi connectivity index (χ4v) is 4.78. The van der Waals surface area contributed by atoms with Crippen molar-refractivity contribution in [1.29, 1.82) is 0 Å². The van der Waals surface area contributed by atoms with Gasteiger partial charge in [-0.1, -0.05) is 35.9 Å². The standard InChI is InChI=1S/C22H20O4S/c1-15-6-8-18(9-7-15)27(25)14-22(24)11-10-17(23)13-19(22)21-12-16-4-2-3-5-20(16)26-21/h2-12,19,24H,13-14H2,1H3/t19-,22-,27?/m0/s1. The third kappa shape index (κ3) is 3.53. The lowest BCUT2D eigenvalue weighted by atomic mass is 9.79. The molecule has 4 nitrogen and oxygen atoms in total. The fourth-order valence-electron chi connectivity index (χ4n) is 3.45. The Balaban J connectivity index is 1.68. The Morgan fingerprint density at radius 2 is 1.93 bits per heavy atom. The molecule has 0 aliphatic heterocycles. The average molecular weight is 380 g/mol. The third-order valence-electron chi connectivity index (χ3n) is 5.00. The average Bonchev–Trinajstić information content (AvgIpc) is 3.08. The minimum atomic E-state index is -1.42.